The van der Waals surface area contributed by atoms with Gasteiger partial charge in [0.25, 0.3) is 0 Å². The van der Waals surface area contributed by atoms with Gasteiger partial charge in [0.05, 0.1) is 11.4 Å². The molecule has 0 fully saturated rings. The summed E-state index contributed by atoms with van der Waals surface area (Å²) in [6, 6.07) is 8.34. The number of anilines is 2. The summed E-state index contributed by atoms with van der Waals surface area (Å²) in [5, 5.41) is 7.02. The average molecular weight is 220 g/mol. The molecule has 0 unspecified atom stereocenters. The normalized spacial score (nSPS) is 12.4. The minimum absolute atomic E-state index is 0.0790. The Kier molecular flexibility index (Phi) is 3.51. The molecule has 0 aliphatic rings. The fourth-order valence-electron chi connectivity index (χ4n) is 1.51. The van der Waals surface area contributed by atoms with E-state index in [1.807, 2.05) is 0 Å². The van der Waals surface area contributed by atoms with E-state index in [4.69, 9.17) is 0 Å². The van der Waals surface area contributed by atoms with Crippen molar-refractivity contribution in [1.82, 2.24) is 0 Å². The number of nitrogens with one attached hydrogen (secondary N) is 2. The monoisotopic (exact) mass is 220 g/mol. The van der Waals surface area contributed by atoms with Gasteiger partial charge in [-0.25, -0.2) is 0 Å². The predicted molar refractivity (Wildman–Crippen MR) is 73.2 cm³/mol. The molecule has 0 radical (unpaired) electrons. The summed E-state index contributed by atoms with van der Waals surface area (Å²) in [5.74, 6) is 0. The zero-order valence-corrected chi connectivity index (χ0v) is 11.3. The Hall–Kier alpha value is -1.18. The molecular weight excluding hydrogens is 196 g/mol. The molecule has 1 aromatic carbocycles. The van der Waals surface area contributed by atoms with Crippen molar-refractivity contribution >= 4 is 11.4 Å². The predicted octanol–water partition coefficient (Wildman–Crippen LogP) is 4.11. The molecule has 0 saturated carbocycles. The van der Waals surface area contributed by atoms with Crippen molar-refractivity contribution in [1.29, 1.82) is 0 Å². The summed E-state index contributed by atoms with van der Waals surface area (Å²) >= 11 is 0. The summed E-state index contributed by atoms with van der Waals surface area (Å²) in [7, 11) is 0. The van der Waals surface area contributed by atoms with Crippen molar-refractivity contribution in [3.63, 3.8) is 0 Å². The van der Waals surface area contributed by atoms with E-state index in [1.165, 1.54) is 0 Å². The number of hydrogen-bond acceptors (Lipinski definition) is 2. The maximum Gasteiger partial charge on any atom is 0.0580 e. The molecule has 2 heteroatoms. The number of para-hydroxylation sites is 2. The zero-order valence-electron chi connectivity index (χ0n) is 11.3. The Morgan fingerprint density at radius 1 is 0.688 bits per heavy atom. The van der Waals surface area contributed by atoms with E-state index in [0.29, 0.717) is 0 Å². The third-order valence-corrected chi connectivity index (χ3v) is 1.95. The molecule has 0 aromatic heterocycles. The van der Waals surface area contributed by atoms with Crippen LogP contribution in [-0.4, -0.2) is 11.1 Å². The highest BCUT2D eigenvalue weighted by Gasteiger charge is 2.15. The molecule has 0 heterocycles. The van der Waals surface area contributed by atoms with Gasteiger partial charge in [0, 0.05) is 11.1 Å². The first-order valence-corrected chi connectivity index (χ1v) is 5.83. The first-order chi connectivity index (χ1) is 7.17. The van der Waals surface area contributed by atoms with E-state index in [-0.39, 0.29) is 11.1 Å². The minimum Gasteiger partial charge on any atom is -0.379 e. The van der Waals surface area contributed by atoms with Gasteiger partial charge in [-0.1, -0.05) is 12.1 Å². The van der Waals surface area contributed by atoms with Gasteiger partial charge in [0.15, 0.2) is 0 Å². The first kappa shape index (κ1) is 12.9. The Bertz CT molecular complexity index is 307. The smallest absolute Gasteiger partial charge is 0.0580 e. The molecule has 1 aromatic rings. The highest BCUT2D eigenvalue weighted by Crippen LogP contribution is 2.26. The summed E-state index contributed by atoms with van der Waals surface area (Å²) in [4.78, 5) is 0. The second-order valence-electron chi connectivity index (χ2n) is 6.30. The molecule has 0 atom stereocenters. The van der Waals surface area contributed by atoms with Crippen molar-refractivity contribution in [3.05, 3.63) is 24.3 Å². The quantitative estimate of drug-likeness (QED) is 0.784. The van der Waals surface area contributed by atoms with Crippen molar-refractivity contribution in [2.24, 2.45) is 0 Å². The van der Waals surface area contributed by atoms with Gasteiger partial charge in [-0.2, -0.15) is 0 Å². The molecule has 0 amide bonds. The number of rotatable bonds is 2. The first-order valence-electron chi connectivity index (χ1n) is 5.83. The summed E-state index contributed by atoms with van der Waals surface area (Å²) in [5.41, 5.74) is 2.47. The number of benzene rings is 1. The SMILES string of the molecule is CC(C)(C)Nc1ccccc1NC(C)(C)C. The molecule has 1 rings (SSSR count). The lowest BCUT2D eigenvalue weighted by Gasteiger charge is -2.28. The van der Waals surface area contributed by atoms with E-state index in [0.717, 1.165) is 11.4 Å². The van der Waals surface area contributed by atoms with Gasteiger partial charge in [-0.15, -0.1) is 0 Å². The van der Waals surface area contributed by atoms with Crippen LogP contribution in [0, 0.1) is 0 Å². The highest BCUT2D eigenvalue weighted by molar-refractivity contribution is 5.70. The summed E-state index contributed by atoms with van der Waals surface area (Å²) < 4.78 is 0. The standard InChI is InChI=1S/C14H24N2/c1-13(2,3)15-11-9-7-8-10-12(11)16-14(4,5)6/h7-10,15-16H,1-6H3. The van der Waals surface area contributed by atoms with Crippen LogP contribution in [0.15, 0.2) is 24.3 Å². The lowest BCUT2D eigenvalue weighted by molar-refractivity contribution is 0.624. The largest absolute Gasteiger partial charge is 0.379 e. The topological polar surface area (TPSA) is 24.1 Å². The van der Waals surface area contributed by atoms with Gasteiger partial charge >= 0.3 is 0 Å². The van der Waals surface area contributed by atoms with Gasteiger partial charge < -0.3 is 10.6 Å². The molecule has 0 saturated heterocycles. The van der Waals surface area contributed by atoms with Gasteiger partial charge in [0.2, 0.25) is 0 Å². The molecule has 2 nitrogen and oxygen atoms in total. The summed E-state index contributed by atoms with van der Waals surface area (Å²) in [6.07, 6.45) is 0. The van der Waals surface area contributed by atoms with E-state index in [2.05, 4.69) is 76.4 Å². The van der Waals surface area contributed by atoms with Crippen molar-refractivity contribution < 1.29 is 0 Å². The highest BCUT2D eigenvalue weighted by atomic mass is 15.0. The molecule has 2 N–H and O–H groups in total. The van der Waals surface area contributed by atoms with Crippen LogP contribution >= 0.6 is 0 Å². The van der Waals surface area contributed by atoms with Crippen LogP contribution in [0.2, 0.25) is 0 Å². The van der Waals surface area contributed by atoms with Crippen LogP contribution < -0.4 is 10.6 Å². The van der Waals surface area contributed by atoms with Crippen molar-refractivity contribution in [2.45, 2.75) is 52.6 Å². The Balaban J connectivity index is 2.92. The Morgan fingerprint density at radius 3 is 1.25 bits per heavy atom. The van der Waals surface area contributed by atoms with Crippen LogP contribution in [0.1, 0.15) is 41.5 Å². The zero-order chi connectivity index (χ0) is 12.4. The summed E-state index contributed by atoms with van der Waals surface area (Å²) in [6.45, 7) is 13.0. The molecule has 0 bridgehead atoms. The molecule has 0 aliphatic heterocycles. The van der Waals surface area contributed by atoms with Crippen molar-refractivity contribution in [3.8, 4) is 0 Å². The Morgan fingerprint density at radius 2 is 1.00 bits per heavy atom. The van der Waals surface area contributed by atoms with Crippen LogP contribution in [0.25, 0.3) is 0 Å². The molecular formula is C14H24N2. The van der Waals surface area contributed by atoms with Gasteiger partial charge in [-0.3, -0.25) is 0 Å². The fraction of sp³-hybridized carbons (Fsp3) is 0.571. The van der Waals surface area contributed by atoms with E-state index < -0.39 is 0 Å². The van der Waals surface area contributed by atoms with Gasteiger partial charge in [-0.05, 0) is 53.7 Å². The third kappa shape index (κ3) is 4.56. The fourth-order valence-corrected chi connectivity index (χ4v) is 1.51. The molecule has 16 heavy (non-hydrogen) atoms. The molecule has 0 aliphatic carbocycles. The van der Waals surface area contributed by atoms with E-state index >= 15 is 0 Å². The second kappa shape index (κ2) is 4.36. The second-order valence-corrected chi connectivity index (χ2v) is 6.30. The van der Waals surface area contributed by atoms with Crippen LogP contribution in [0.5, 0.6) is 0 Å². The van der Waals surface area contributed by atoms with Crippen LogP contribution in [0.4, 0.5) is 11.4 Å². The molecule has 90 valence electrons. The minimum atomic E-state index is 0.0790. The number of hydrogen-bond donors (Lipinski definition) is 2. The maximum absolute atomic E-state index is 3.51. The van der Waals surface area contributed by atoms with E-state index in [9.17, 15) is 0 Å². The molecule has 0 spiro atoms. The average Bonchev–Trinajstić information content (AvgIpc) is 2.03. The van der Waals surface area contributed by atoms with Crippen LogP contribution in [0.3, 0.4) is 0 Å². The Labute approximate surface area is 99.5 Å². The van der Waals surface area contributed by atoms with Gasteiger partial charge in [0.1, 0.15) is 0 Å². The lowest BCUT2D eigenvalue weighted by Crippen LogP contribution is -2.30. The van der Waals surface area contributed by atoms with Crippen LogP contribution in [-0.2, 0) is 0 Å². The maximum atomic E-state index is 3.51. The third-order valence-electron chi connectivity index (χ3n) is 1.95. The van der Waals surface area contributed by atoms with E-state index in [1.54, 1.807) is 0 Å². The van der Waals surface area contributed by atoms with Crippen molar-refractivity contribution in [2.75, 3.05) is 10.6 Å². The lowest BCUT2D eigenvalue weighted by atomic mass is 10.1.